The van der Waals surface area contributed by atoms with Crippen LogP contribution in [0.25, 0.3) is 10.9 Å². The minimum atomic E-state index is -0.141. The van der Waals surface area contributed by atoms with E-state index in [1.165, 1.54) is 0 Å². The van der Waals surface area contributed by atoms with Gasteiger partial charge in [-0.05, 0) is 71.1 Å². The van der Waals surface area contributed by atoms with Crippen LogP contribution in [0.3, 0.4) is 0 Å². The zero-order valence-electron chi connectivity index (χ0n) is 22.9. The van der Waals surface area contributed by atoms with E-state index in [9.17, 15) is 4.79 Å². The van der Waals surface area contributed by atoms with E-state index in [1.807, 2.05) is 60.1 Å². The molecule has 2 aromatic heterocycles. The third-order valence-corrected chi connectivity index (χ3v) is 7.58. The van der Waals surface area contributed by atoms with Crippen molar-refractivity contribution in [3.8, 4) is 11.5 Å². The molecule has 0 spiro atoms. The number of fused-ring (bicyclic) bond motifs is 2. The van der Waals surface area contributed by atoms with Crippen LogP contribution >= 0.6 is 0 Å². The summed E-state index contributed by atoms with van der Waals surface area (Å²) in [5.74, 6) is 2.23. The summed E-state index contributed by atoms with van der Waals surface area (Å²) in [5.41, 5.74) is 5.83. The molecule has 3 heterocycles. The summed E-state index contributed by atoms with van der Waals surface area (Å²) < 4.78 is 13.0. The Morgan fingerprint density at radius 3 is 2.58 bits per heavy atom. The molecule has 1 aliphatic rings. The lowest BCUT2D eigenvalue weighted by molar-refractivity contribution is 0.161. The van der Waals surface area contributed by atoms with E-state index in [1.54, 1.807) is 0 Å². The Labute approximate surface area is 232 Å². The quantitative estimate of drug-likeness (QED) is 0.281. The predicted octanol–water partition coefficient (Wildman–Crippen LogP) is 5.06. The Hall–Kier alpha value is -4.50. The zero-order valence-corrected chi connectivity index (χ0v) is 22.9. The molecule has 0 bridgehead atoms. The van der Waals surface area contributed by atoms with E-state index in [4.69, 9.17) is 9.47 Å². The van der Waals surface area contributed by atoms with Crippen LogP contribution in [0.4, 0.5) is 0 Å². The van der Waals surface area contributed by atoms with Gasteiger partial charge < -0.3 is 14.5 Å². The lowest BCUT2D eigenvalue weighted by atomic mass is 10.0. The summed E-state index contributed by atoms with van der Waals surface area (Å²) in [6, 6.07) is 22.2. The second-order valence-electron chi connectivity index (χ2n) is 10.3. The molecule has 5 aromatic rings. The molecule has 0 amide bonds. The number of benzene rings is 3. The highest BCUT2D eigenvalue weighted by atomic mass is 16.7. The zero-order chi connectivity index (χ0) is 27.6. The van der Waals surface area contributed by atoms with E-state index in [2.05, 4.69) is 57.5 Å². The number of rotatable bonds is 9. The van der Waals surface area contributed by atoms with Crippen LogP contribution in [0.15, 0.2) is 71.5 Å². The first-order valence-corrected chi connectivity index (χ1v) is 13.5. The first-order valence-electron chi connectivity index (χ1n) is 13.5. The van der Waals surface area contributed by atoms with Gasteiger partial charge >= 0.3 is 0 Å². The van der Waals surface area contributed by atoms with Gasteiger partial charge in [0.2, 0.25) is 6.79 Å². The third-order valence-electron chi connectivity index (χ3n) is 7.58. The number of pyridine rings is 1. The van der Waals surface area contributed by atoms with Crippen molar-refractivity contribution in [3.05, 3.63) is 111 Å². The summed E-state index contributed by atoms with van der Waals surface area (Å²) in [6.07, 6.45) is 0.753. The molecule has 6 rings (SSSR count). The van der Waals surface area contributed by atoms with Crippen LogP contribution in [0.5, 0.6) is 11.5 Å². The molecule has 0 unspecified atom stereocenters. The van der Waals surface area contributed by atoms with Crippen LogP contribution < -0.4 is 15.0 Å². The maximum atomic E-state index is 13.4. The molecule has 3 aromatic carbocycles. The van der Waals surface area contributed by atoms with Gasteiger partial charge in [-0.15, -0.1) is 5.10 Å². The van der Waals surface area contributed by atoms with Crippen LogP contribution in [0, 0.1) is 13.8 Å². The van der Waals surface area contributed by atoms with Crippen LogP contribution in [0.2, 0.25) is 0 Å². The maximum Gasteiger partial charge on any atom is 0.252 e. The average molecular weight is 537 g/mol. The number of hydrogen-bond donors (Lipinski definition) is 1. The highest BCUT2D eigenvalue weighted by molar-refractivity contribution is 5.85. The van der Waals surface area contributed by atoms with Crippen molar-refractivity contribution < 1.29 is 9.47 Å². The Morgan fingerprint density at radius 1 is 0.950 bits per heavy atom. The minimum Gasteiger partial charge on any atom is -0.454 e. The number of aryl methyl sites for hydroxylation is 2. The van der Waals surface area contributed by atoms with Gasteiger partial charge in [-0.2, -0.15) is 0 Å². The van der Waals surface area contributed by atoms with Gasteiger partial charge in [0.05, 0.1) is 18.1 Å². The summed E-state index contributed by atoms with van der Waals surface area (Å²) in [5, 5.41) is 13.9. The smallest absolute Gasteiger partial charge is 0.252 e. The molecule has 0 saturated carbocycles. The topological polar surface area (TPSA) is 98.2 Å². The number of ether oxygens (including phenoxy) is 2. The van der Waals surface area contributed by atoms with Crippen molar-refractivity contribution in [1.29, 1.82) is 0 Å². The normalized spacial score (nSPS) is 13.3. The van der Waals surface area contributed by atoms with Gasteiger partial charge in [0.1, 0.15) is 0 Å². The van der Waals surface area contributed by atoms with Gasteiger partial charge in [0.25, 0.3) is 5.56 Å². The Morgan fingerprint density at radius 2 is 1.75 bits per heavy atom. The molecule has 0 radical (unpaired) electrons. The number of nitrogens with zero attached hydrogens (tertiary/aromatic N) is 5. The standard InChI is InChI=1S/C31H32N6O3/c1-4-26(30-33-34-35-37(30)17-22-8-6-5-7-9-22)36(16-23-12-13-27-28(14-23)40-19-39-27)18-24-15-25-20(2)10-11-21(3)29(25)32-31(24)38/h5-15,26H,4,16-19H2,1-3H3,(H,32,38)/t26-/m0/s1. The van der Waals surface area contributed by atoms with Crippen LogP contribution in [-0.2, 0) is 19.6 Å². The Balaban J connectivity index is 1.39. The fourth-order valence-electron chi connectivity index (χ4n) is 5.43. The molecular weight excluding hydrogens is 504 g/mol. The molecule has 9 heteroatoms. The van der Waals surface area contributed by atoms with Crippen molar-refractivity contribution in [2.24, 2.45) is 0 Å². The molecule has 0 aliphatic carbocycles. The molecule has 1 atom stereocenters. The Bertz CT molecular complexity index is 1710. The summed E-state index contributed by atoms with van der Waals surface area (Å²) in [4.78, 5) is 18.8. The monoisotopic (exact) mass is 536 g/mol. The summed E-state index contributed by atoms with van der Waals surface area (Å²) in [6.45, 7) is 7.98. The first-order chi connectivity index (χ1) is 19.5. The number of H-pyrrole nitrogens is 1. The number of tetrazole rings is 1. The van der Waals surface area contributed by atoms with E-state index >= 15 is 0 Å². The molecular formula is C31H32N6O3. The van der Waals surface area contributed by atoms with Gasteiger partial charge in [-0.3, -0.25) is 9.69 Å². The first kappa shape index (κ1) is 25.8. The lowest BCUT2D eigenvalue weighted by Crippen LogP contribution is -2.32. The summed E-state index contributed by atoms with van der Waals surface area (Å²) >= 11 is 0. The van der Waals surface area contributed by atoms with Gasteiger partial charge in [0.15, 0.2) is 17.3 Å². The van der Waals surface area contributed by atoms with Gasteiger partial charge in [0, 0.05) is 24.0 Å². The number of aromatic amines is 1. The van der Waals surface area contributed by atoms with E-state index in [0.29, 0.717) is 25.2 Å². The summed E-state index contributed by atoms with van der Waals surface area (Å²) in [7, 11) is 0. The van der Waals surface area contributed by atoms with Crippen molar-refractivity contribution in [3.63, 3.8) is 0 Å². The minimum absolute atomic E-state index is 0.0874. The lowest BCUT2D eigenvalue weighted by Gasteiger charge is -2.30. The number of nitrogens with one attached hydrogen (secondary N) is 1. The largest absolute Gasteiger partial charge is 0.454 e. The molecule has 204 valence electrons. The molecule has 0 fully saturated rings. The second-order valence-corrected chi connectivity index (χ2v) is 10.3. The molecule has 9 nitrogen and oxygen atoms in total. The fraction of sp³-hybridized carbons (Fsp3) is 0.290. The van der Waals surface area contributed by atoms with Gasteiger partial charge in [-0.1, -0.05) is 55.5 Å². The number of hydrogen-bond acceptors (Lipinski definition) is 7. The van der Waals surface area contributed by atoms with Gasteiger partial charge in [-0.25, -0.2) is 4.68 Å². The average Bonchev–Trinajstić information content (AvgIpc) is 3.62. The third kappa shape index (κ3) is 5.08. The highest BCUT2D eigenvalue weighted by Crippen LogP contribution is 2.34. The van der Waals surface area contributed by atoms with Crippen molar-refractivity contribution in [2.75, 3.05) is 6.79 Å². The van der Waals surface area contributed by atoms with Crippen molar-refractivity contribution in [1.82, 2.24) is 30.1 Å². The Kier molecular flexibility index (Phi) is 7.04. The molecule has 1 aliphatic heterocycles. The molecule has 40 heavy (non-hydrogen) atoms. The highest BCUT2D eigenvalue weighted by Gasteiger charge is 2.27. The fourth-order valence-corrected chi connectivity index (χ4v) is 5.43. The van der Waals surface area contributed by atoms with Crippen molar-refractivity contribution in [2.45, 2.75) is 52.9 Å². The molecule has 0 saturated heterocycles. The second kappa shape index (κ2) is 10.9. The number of aromatic nitrogens is 5. The predicted molar refractivity (Wildman–Crippen MR) is 152 cm³/mol. The van der Waals surface area contributed by atoms with E-state index < -0.39 is 0 Å². The van der Waals surface area contributed by atoms with E-state index in [-0.39, 0.29) is 18.4 Å². The van der Waals surface area contributed by atoms with Crippen LogP contribution in [-0.4, -0.2) is 36.9 Å². The molecule has 1 N–H and O–H groups in total. The maximum absolute atomic E-state index is 13.4. The van der Waals surface area contributed by atoms with Crippen molar-refractivity contribution >= 4 is 10.9 Å². The van der Waals surface area contributed by atoms with Crippen LogP contribution in [0.1, 0.15) is 53.0 Å². The van der Waals surface area contributed by atoms with E-state index in [0.717, 1.165) is 56.9 Å². The SMILES string of the molecule is CC[C@@H](c1nnnn1Cc1ccccc1)N(Cc1ccc2c(c1)OCO2)Cc1cc2c(C)ccc(C)c2[nH]c1=O.